The van der Waals surface area contributed by atoms with Crippen molar-refractivity contribution in [1.82, 2.24) is 9.21 Å². The van der Waals surface area contributed by atoms with Crippen molar-refractivity contribution in [2.45, 2.75) is 26.3 Å². The Morgan fingerprint density at radius 1 is 1.24 bits per heavy atom. The lowest BCUT2D eigenvalue weighted by Crippen LogP contribution is -2.52. The molecule has 0 saturated carbocycles. The Morgan fingerprint density at radius 3 is 2.10 bits per heavy atom. The summed E-state index contributed by atoms with van der Waals surface area (Å²) in [6.45, 7) is 3.97. The summed E-state index contributed by atoms with van der Waals surface area (Å²) in [5.41, 5.74) is 0. The van der Waals surface area contributed by atoms with E-state index in [4.69, 9.17) is 0 Å². The molecule has 0 radical (unpaired) electrons. The van der Waals surface area contributed by atoms with Gasteiger partial charge in [-0.2, -0.15) is 4.31 Å². The molecular weight excluding hydrogens is 296 g/mol. The van der Waals surface area contributed by atoms with Crippen LogP contribution in [0.4, 0.5) is 0 Å². The van der Waals surface area contributed by atoms with Gasteiger partial charge in [-0.1, -0.05) is 13.8 Å². The lowest BCUT2D eigenvalue weighted by molar-refractivity contribution is -0.134. The van der Waals surface area contributed by atoms with Crippen molar-refractivity contribution in [2.75, 3.05) is 39.1 Å². The SMILES string of the molecule is CC1CC(C)CN(C(=O)CN(C(CO)CO)S(C)(=O)=O)C1. The van der Waals surface area contributed by atoms with Crippen molar-refractivity contribution in [1.29, 1.82) is 0 Å². The van der Waals surface area contributed by atoms with Crippen LogP contribution in [-0.2, 0) is 14.8 Å². The van der Waals surface area contributed by atoms with Crippen molar-refractivity contribution in [3.63, 3.8) is 0 Å². The van der Waals surface area contributed by atoms with E-state index in [1.165, 1.54) is 0 Å². The van der Waals surface area contributed by atoms with E-state index in [-0.39, 0.29) is 12.5 Å². The molecule has 0 spiro atoms. The summed E-state index contributed by atoms with van der Waals surface area (Å²) in [5.74, 6) is 0.484. The fourth-order valence-electron chi connectivity index (χ4n) is 2.86. The summed E-state index contributed by atoms with van der Waals surface area (Å²) < 4.78 is 24.4. The number of sulfonamides is 1. The molecule has 1 aliphatic rings. The summed E-state index contributed by atoms with van der Waals surface area (Å²) in [7, 11) is -3.68. The Balaban J connectivity index is 2.81. The smallest absolute Gasteiger partial charge is 0.237 e. The first-order chi connectivity index (χ1) is 9.68. The summed E-state index contributed by atoms with van der Waals surface area (Å²) in [6, 6.07) is -0.983. The number of hydrogen-bond donors (Lipinski definition) is 2. The van der Waals surface area contributed by atoms with Gasteiger partial charge >= 0.3 is 0 Å². The van der Waals surface area contributed by atoms with Crippen LogP contribution in [0.2, 0.25) is 0 Å². The molecule has 0 aromatic heterocycles. The molecule has 8 heteroatoms. The van der Waals surface area contributed by atoms with Crippen molar-refractivity contribution in [2.24, 2.45) is 11.8 Å². The number of aliphatic hydroxyl groups is 2. The minimum Gasteiger partial charge on any atom is -0.395 e. The minimum absolute atomic E-state index is 0.286. The molecule has 1 fully saturated rings. The highest BCUT2D eigenvalue weighted by molar-refractivity contribution is 7.88. The number of nitrogens with zero attached hydrogens (tertiary/aromatic N) is 2. The third kappa shape index (κ3) is 5.21. The number of likely N-dealkylation sites (tertiary alicyclic amines) is 1. The highest BCUT2D eigenvalue weighted by Crippen LogP contribution is 2.21. The quantitative estimate of drug-likeness (QED) is 0.661. The van der Waals surface area contributed by atoms with Crippen molar-refractivity contribution >= 4 is 15.9 Å². The van der Waals surface area contributed by atoms with Crippen LogP contribution in [0.1, 0.15) is 20.3 Å². The van der Waals surface area contributed by atoms with Gasteiger partial charge in [0.25, 0.3) is 0 Å². The van der Waals surface area contributed by atoms with E-state index < -0.39 is 29.3 Å². The minimum atomic E-state index is -3.68. The van der Waals surface area contributed by atoms with Crippen LogP contribution >= 0.6 is 0 Å². The molecule has 2 N–H and O–H groups in total. The Bertz CT molecular complexity index is 439. The maximum absolute atomic E-state index is 12.3. The number of piperidine rings is 1. The van der Waals surface area contributed by atoms with Crippen LogP contribution in [0.25, 0.3) is 0 Å². The number of hydrogen-bond acceptors (Lipinski definition) is 5. The van der Waals surface area contributed by atoms with Crippen LogP contribution in [0.5, 0.6) is 0 Å². The first-order valence-corrected chi connectivity index (χ1v) is 9.00. The average molecular weight is 322 g/mol. The highest BCUT2D eigenvalue weighted by Gasteiger charge is 2.32. The number of rotatable bonds is 6. The van der Waals surface area contributed by atoms with Gasteiger partial charge in [-0.25, -0.2) is 8.42 Å². The van der Waals surface area contributed by atoms with Crippen molar-refractivity contribution in [3.8, 4) is 0 Å². The van der Waals surface area contributed by atoms with Crippen LogP contribution in [-0.4, -0.2) is 78.9 Å². The van der Waals surface area contributed by atoms with E-state index in [0.717, 1.165) is 17.0 Å². The molecule has 2 atom stereocenters. The molecule has 1 aliphatic heterocycles. The van der Waals surface area contributed by atoms with E-state index in [1.54, 1.807) is 4.90 Å². The second-order valence-corrected chi connectivity index (χ2v) is 8.01. The van der Waals surface area contributed by atoms with Crippen LogP contribution in [0.3, 0.4) is 0 Å². The van der Waals surface area contributed by atoms with Gasteiger partial charge in [0.1, 0.15) is 0 Å². The fraction of sp³-hybridized carbons (Fsp3) is 0.923. The van der Waals surface area contributed by atoms with E-state index in [2.05, 4.69) is 13.8 Å². The van der Waals surface area contributed by atoms with Crippen molar-refractivity contribution in [3.05, 3.63) is 0 Å². The van der Waals surface area contributed by atoms with Crippen molar-refractivity contribution < 1.29 is 23.4 Å². The zero-order chi connectivity index (χ0) is 16.2. The second kappa shape index (κ2) is 7.53. The van der Waals surface area contributed by atoms with E-state index in [9.17, 15) is 23.4 Å². The Morgan fingerprint density at radius 2 is 1.71 bits per heavy atom. The highest BCUT2D eigenvalue weighted by atomic mass is 32.2. The molecule has 0 aliphatic carbocycles. The zero-order valence-electron chi connectivity index (χ0n) is 12.9. The molecule has 7 nitrogen and oxygen atoms in total. The Kier molecular flexibility index (Phi) is 6.58. The zero-order valence-corrected chi connectivity index (χ0v) is 13.7. The van der Waals surface area contributed by atoms with Gasteiger partial charge in [-0.15, -0.1) is 0 Å². The van der Waals surface area contributed by atoms with E-state index in [1.807, 2.05) is 0 Å². The maximum Gasteiger partial charge on any atom is 0.237 e. The summed E-state index contributed by atoms with van der Waals surface area (Å²) in [5, 5.41) is 18.4. The normalized spacial score (nSPS) is 23.9. The third-order valence-electron chi connectivity index (χ3n) is 3.77. The monoisotopic (exact) mass is 322 g/mol. The largest absolute Gasteiger partial charge is 0.395 e. The molecule has 0 bridgehead atoms. The molecule has 1 saturated heterocycles. The molecule has 1 amide bonds. The Hall–Kier alpha value is -0.700. The lowest BCUT2D eigenvalue weighted by atomic mass is 9.92. The van der Waals surface area contributed by atoms with E-state index >= 15 is 0 Å². The Labute approximate surface area is 126 Å². The van der Waals surface area contributed by atoms with Gasteiger partial charge in [-0.05, 0) is 18.3 Å². The van der Waals surface area contributed by atoms with Crippen LogP contribution in [0, 0.1) is 11.8 Å². The second-order valence-electron chi connectivity index (χ2n) is 6.07. The number of carbonyl (C=O) groups excluding carboxylic acids is 1. The predicted octanol–water partition coefficient (Wildman–Crippen LogP) is -0.894. The molecule has 1 heterocycles. The lowest BCUT2D eigenvalue weighted by Gasteiger charge is -2.36. The molecule has 2 unspecified atom stereocenters. The van der Waals surface area contributed by atoms with E-state index in [0.29, 0.717) is 24.9 Å². The molecule has 124 valence electrons. The number of amides is 1. The van der Waals surface area contributed by atoms with Gasteiger partial charge in [-0.3, -0.25) is 4.79 Å². The summed E-state index contributed by atoms with van der Waals surface area (Å²) in [4.78, 5) is 14.0. The van der Waals surface area contributed by atoms with Crippen LogP contribution < -0.4 is 0 Å². The standard InChI is InChI=1S/C13H26N2O5S/c1-10-4-11(2)6-14(5-10)13(18)7-15(21(3,19)20)12(8-16)9-17/h10-12,16-17H,4-9H2,1-3H3. The average Bonchev–Trinajstić information content (AvgIpc) is 2.36. The maximum atomic E-state index is 12.3. The molecule has 0 aromatic rings. The van der Waals surface area contributed by atoms with Gasteiger partial charge in [0.05, 0.1) is 32.1 Å². The van der Waals surface area contributed by atoms with Gasteiger partial charge in [0, 0.05) is 13.1 Å². The molecular formula is C13H26N2O5S. The molecule has 0 aromatic carbocycles. The number of carbonyl (C=O) groups is 1. The topological polar surface area (TPSA) is 98.2 Å². The third-order valence-corrected chi connectivity index (χ3v) is 5.05. The van der Waals surface area contributed by atoms with Gasteiger partial charge < -0.3 is 15.1 Å². The molecule has 21 heavy (non-hydrogen) atoms. The first kappa shape index (κ1) is 18.3. The summed E-state index contributed by atoms with van der Waals surface area (Å²) >= 11 is 0. The van der Waals surface area contributed by atoms with Gasteiger partial charge in [0.15, 0.2) is 0 Å². The predicted molar refractivity (Wildman–Crippen MR) is 79.0 cm³/mol. The molecule has 1 rings (SSSR count). The summed E-state index contributed by atoms with van der Waals surface area (Å²) in [6.07, 6.45) is 2.02. The van der Waals surface area contributed by atoms with Gasteiger partial charge in [0.2, 0.25) is 15.9 Å². The first-order valence-electron chi connectivity index (χ1n) is 7.15. The number of aliphatic hydroxyl groups excluding tert-OH is 2. The van der Waals surface area contributed by atoms with Crippen LogP contribution in [0.15, 0.2) is 0 Å². The fourth-order valence-corrected chi connectivity index (χ4v) is 3.88.